The van der Waals surface area contributed by atoms with Crippen LogP contribution >= 0.6 is 0 Å². The van der Waals surface area contributed by atoms with Crippen molar-refractivity contribution in [2.45, 2.75) is 31.7 Å². The van der Waals surface area contributed by atoms with E-state index in [0.717, 1.165) is 0 Å². The molecule has 0 saturated heterocycles. The summed E-state index contributed by atoms with van der Waals surface area (Å²) >= 11 is 0. The Kier molecular flexibility index (Phi) is 4.32. The number of hydrogen-bond donors (Lipinski definition) is 1. The molecule has 0 spiro atoms. The van der Waals surface area contributed by atoms with Crippen LogP contribution in [0.3, 0.4) is 0 Å². The largest absolute Gasteiger partial charge is 0.326 e. The molecule has 0 radical (unpaired) electrons. The van der Waals surface area contributed by atoms with Gasteiger partial charge in [-0.15, -0.1) is 0 Å². The summed E-state index contributed by atoms with van der Waals surface area (Å²) in [5.41, 5.74) is 5.40. The van der Waals surface area contributed by atoms with Crippen molar-refractivity contribution in [2.75, 3.05) is 5.75 Å². The van der Waals surface area contributed by atoms with Crippen LogP contribution < -0.4 is 5.73 Å². The van der Waals surface area contributed by atoms with Crippen molar-refractivity contribution in [3.63, 3.8) is 0 Å². The molecule has 0 heterocycles. The lowest BCUT2D eigenvalue weighted by Crippen LogP contribution is -2.41. The first-order chi connectivity index (χ1) is 8.54. The molecule has 7 heteroatoms. The van der Waals surface area contributed by atoms with Gasteiger partial charge in [-0.05, 0) is 17.5 Å². The molecule has 0 aliphatic rings. The summed E-state index contributed by atoms with van der Waals surface area (Å²) in [4.78, 5) is 9.99. The van der Waals surface area contributed by atoms with Gasteiger partial charge in [-0.2, -0.15) is 0 Å². The van der Waals surface area contributed by atoms with Crippen LogP contribution in [0.2, 0.25) is 0 Å². The third-order valence-corrected chi connectivity index (χ3v) is 4.71. The third-order valence-electron chi connectivity index (χ3n) is 2.92. The summed E-state index contributed by atoms with van der Waals surface area (Å²) in [7, 11) is -3.53. The van der Waals surface area contributed by atoms with Gasteiger partial charge in [-0.25, -0.2) is 8.42 Å². The molecule has 1 aromatic rings. The van der Waals surface area contributed by atoms with Crippen LogP contribution in [-0.2, 0) is 9.84 Å². The molecule has 1 unspecified atom stereocenters. The zero-order chi connectivity index (χ0) is 14.8. The van der Waals surface area contributed by atoms with E-state index in [9.17, 15) is 18.5 Å². The molecule has 0 aliphatic heterocycles. The molecule has 106 valence electrons. The number of nitro benzene ring substituents is 1. The zero-order valence-corrected chi connectivity index (χ0v) is 12.0. The monoisotopic (exact) mass is 286 g/mol. The Bertz CT molecular complexity index is 558. The van der Waals surface area contributed by atoms with Crippen LogP contribution in [0.5, 0.6) is 0 Å². The molecule has 0 amide bonds. The lowest BCUT2D eigenvalue weighted by molar-refractivity contribution is -0.384. The number of nitrogens with two attached hydrogens (primary N) is 1. The van der Waals surface area contributed by atoms with Crippen LogP contribution in [0.15, 0.2) is 29.2 Å². The van der Waals surface area contributed by atoms with Gasteiger partial charge in [0.2, 0.25) is 0 Å². The van der Waals surface area contributed by atoms with Gasteiger partial charge in [-0.1, -0.05) is 20.8 Å². The zero-order valence-electron chi connectivity index (χ0n) is 11.2. The van der Waals surface area contributed by atoms with E-state index < -0.39 is 20.8 Å². The smallest absolute Gasteiger partial charge is 0.269 e. The fourth-order valence-electron chi connectivity index (χ4n) is 1.36. The number of hydrogen-bond acceptors (Lipinski definition) is 5. The minimum atomic E-state index is -3.53. The highest BCUT2D eigenvalue weighted by Crippen LogP contribution is 2.22. The minimum Gasteiger partial charge on any atom is -0.326 e. The number of non-ortho nitro benzene ring substituents is 1. The quantitative estimate of drug-likeness (QED) is 0.670. The van der Waals surface area contributed by atoms with E-state index in [2.05, 4.69) is 0 Å². The number of nitro groups is 1. The van der Waals surface area contributed by atoms with Crippen LogP contribution in [-0.4, -0.2) is 25.1 Å². The maximum Gasteiger partial charge on any atom is 0.269 e. The maximum absolute atomic E-state index is 12.1. The molecule has 6 nitrogen and oxygen atoms in total. The van der Waals surface area contributed by atoms with Crippen molar-refractivity contribution in [1.29, 1.82) is 0 Å². The van der Waals surface area contributed by atoms with Gasteiger partial charge in [-0.3, -0.25) is 10.1 Å². The van der Waals surface area contributed by atoms with Crippen molar-refractivity contribution in [1.82, 2.24) is 0 Å². The SMILES string of the molecule is CC(C)(C)C(N)CS(=O)(=O)c1ccc([N+](=O)[O-])cc1. The van der Waals surface area contributed by atoms with Gasteiger partial charge in [0.25, 0.3) is 5.69 Å². The summed E-state index contributed by atoms with van der Waals surface area (Å²) in [5, 5.41) is 10.5. The van der Waals surface area contributed by atoms with E-state index >= 15 is 0 Å². The summed E-state index contributed by atoms with van der Waals surface area (Å²) in [5.74, 6) is -0.186. The molecule has 19 heavy (non-hydrogen) atoms. The average molecular weight is 286 g/mol. The summed E-state index contributed by atoms with van der Waals surface area (Å²) < 4.78 is 24.2. The van der Waals surface area contributed by atoms with Crippen molar-refractivity contribution >= 4 is 15.5 Å². The average Bonchev–Trinajstić information content (AvgIpc) is 2.27. The molecule has 1 aromatic carbocycles. The van der Waals surface area contributed by atoms with Crippen LogP contribution in [0.1, 0.15) is 20.8 Å². The predicted molar refractivity (Wildman–Crippen MR) is 72.6 cm³/mol. The molecule has 0 bridgehead atoms. The Morgan fingerprint density at radius 3 is 2.11 bits per heavy atom. The van der Waals surface area contributed by atoms with Crippen LogP contribution in [0.4, 0.5) is 5.69 Å². The molecule has 0 fully saturated rings. The van der Waals surface area contributed by atoms with Crippen LogP contribution in [0.25, 0.3) is 0 Å². The second kappa shape index (κ2) is 5.26. The van der Waals surface area contributed by atoms with Gasteiger partial charge >= 0.3 is 0 Å². The highest BCUT2D eigenvalue weighted by atomic mass is 32.2. The number of sulfone groups is 1. The second-order valence-corrected chi connectivity index (χ2v) is 7.54. The maximum atomic E-state index is 12.1. The number of benzene rings is 1. The predicted octanol–water partition coefficient (Wildman–Crippen LogP) is 1.74. The Morgan fingerprint density at radius 2 is 1.74 bits per heavy atom. The third kappa shape index (κ3) is 4.00. The van der Waals surface area contributed by atoms with Gasteiger partial charge in [0, 0.05) is 18.2 Å². The molecule has 2 N–H and O–H groups in total. The number of rotatable bonds is 4. The molecule has 1 atom stereocenters. The van der Waals surface area contributed by atoms with Crippen molar-refractivity contribution in [3.05, 3.63) is 34.4 Å². The Hall–Kier alpha value is -1.47. The van der Waals surface area contributed by atoms with Crippen molar-refractivity contribution < 1.29 is 13.3 Å². The number of nitrogens with zero attached hydrogens (tertiary/aromatic N) is 1. The van der Waals surface area contributed by atoms with E-state index in [0.29, 0.717) is 0 Å². The normalized spacial score (nSPS) is 14.1. The topological polar surface area (TPSA) is 103 Å². The first-order valence-corrected chi connectivity index (χ1v) is 7.42. The molecule has 0 saturated carbocycles. The summed E-state index contributed by atoms with van der Waals surface area (Å²) in [6.45, 7) is 5.59. The van der Waals surface area contributed by atoms with E-state index in [1.807, 2.05) is 20.8 Å². The molecular weight excluding hydrogens is 268 g/mol. The Labute approximate surface area is 112 Å². The molecule has 0 aromatic heterocycles. The van der Waals surface area contributed by atoms with Gasteiger partial charge in [0.1, 0.15) is 0 Å². The first-order valence-electron chi connectivity index (χ1n) is 5.77. The van der Waals surface area contributed by atoms with Gasteiger partial charge in [0.15, 0.2) is 9.84 Å². The first kappa shape index (κ1) is 15.6. The lowest BCUT2D eigenvalue weighted by atomic mass is 9.89. The van der Waals surface area contributed by atoms with E-state index in [4.69, 9.17) is 5.73 Å². The van der Waals surface area contributed by atoms with Crippen molar-refractivity contribution in [3.8, 4) is 0 Å². The minimum absolute atomic E-state index is 0.0535. The standard InChI is InChI=1S/C12H18N2O4S/c1-12(2,3)11(13)8-19(17,18)10-6-4-9(5-7-10)14(15)16/h4-7,11H,8,13H2,1-3H3. The van der Waals surface area contributed by atoms with E-state index in [1.54, 1.807) is 0 Å². The van der Waals surface area contributed by atoms with E-state index in [1.165, 1.54) is 24.3 Å². The Balaban J connectivity index is 2.98. The highest BCUT2D eigenvalue weighted by molar-refractivity contribution is 7.91. The van der Waals surface area contributed by atoms with Gasteiger partial charge in [0.05, 0.1) is 15.6 Å². The second-order valence-electron chi connectivity index (χ2n) is 5.50. The molecular formula is C12H18N2O4S. The summed E-state index contributed by atoms with van der Waals surface area (Å²) in [6, 6.07) is 4.32. The molecule has 1 rings (SSSR count). The fraction of sp³-hybridized carbons (Fsp3) is 0.500. The van der Waals surface area contributed by atoms with Crippen LogP contribution in [0, 0.1) is 15.5 Å². The summed E-state index contributed by atoms with van der Waals surface area (Å²) in [6.07, 6.45) is 0. The van der Waals surface area contributed by atoms with Gasteiger partial charge < -0.3 is 5.73 Å². The van der Waals surface area contributed by atoms with Crippen molar-refractivity contribution in [2.24, 2.45) is 11.1 Å². The Morgan fingerprint density at radius 1 is 1.26 bits per heavy atom. The van der Waals surface area contributed by atoms with E-state index in [-0.39, 0.29) is 21.8 Å². The lowest BCUT2D eigenvalue weighted by Gasteiger charge is -2.26. The highest BCUT2D eigenvalue weighted by Gasteiger charge is 2.27. The molecule has 0 aliphatic carbocycles. The fourth-order valence-corrected chi connectivity index (χ4v) is 3.07.